The molecule has 4 rings (SSSR count). The number of amides is 2. The summed E-state index contributed by atoms with van der Waals surface area (Å²) < 4.78 is 19.9. The average molecular weight is 710 g/mol. The van der Waals surface area contributed by atoms with Gasteiger partial charge < -0.3 is 46.2 Å². The van der Waals surface area contributed by atoms with Crippen molar-refractivity contribution in [2.45, 2.75) is 88.8 Å². The van der Waals surface area contributed by atoms with Crippen molar-refractivity contribution in [3.05, 3.63) is 40.4 Å². The summed E-state index contributed by atoms with van der Waals surface area (Å²) in [6.07, 6.45) is -0.509. The maximum Gasteiger partial charge on any atom is 0.354 e. The van der Waals surface area contributed by atoms with Gasteiger partial charge in [-0.05, 0) is 70.2 Å². The highest BCUT2D eigenvalue weighted by Crippen LogP contribution is 2.36. The van der Waals surface area contributed by atoms with Crippen LogP contribution in [0.5, 0.6) is 5.75 Å². The lowest BCUT2D eigenvalue weighted by molar-refractivity contribution is -0.214. The number of ether oxygens (including phenoxy) is 1. The number of aliphatic hydroxyl groups excluding tert-OH is 2. The predicted molar refractivity (Wildman–Crippen MR) is 176 cm³/mol. The summed E-state index contributed by atoms with van der Waals surface area (Å²) in [6.45, 7) is 5.99. The minimum absolute atomic E-state index is 0.00999. The molecule has 2 aromatic rings. The van der Waals surface area contributed by atoms with Crippen molar-refractivity contribution in [1.82, 2.24) is 15.4 Å². The number of nitrogens with one attached hydrogen (secondary N) is 1. The van der Waals surface area contributed by atoms with Gasteiger partial charge in [-0.1, -0.05) is 12.1 Å². The summed E-state index contributed by atoms with van der Waals surface area (Å²) >= 11 is 0.993. The summed E-state index contributed by atoms with van der Waals surface area (Å²) in [5.74, 6) is -2.30. The van der Waals surface area contributed by atoms with Crippen LogP contribution in [0.25, 0.3) is 0 Å². The molecule has 0 saturated carbocycles. The topological polar surface area (TPSA) is 265 Å². The molecule has 1 fully saturated rings. The summed E-state index contributed by atoms with van der Waals surface area (Å²) in [5.41, 5.74) is 9.83. The molecule has 17 nitrogen and oxygen atoms in total. The fourth-order valence-electron chi connectivity index (χ4n) is 5.24. The van der Waals surface area contributed by atoms with Crippen molar-refractivity contribution < 1.29 is 48.1 Å². The number of benzene rings is 1. The number of nitrogen functional groups attached to an aromatic ring is 1. The van der Waals surface area contributed by atoms with Gasteiger partial charge >= 0.3 is 5.97 Å². The van der Waals surface area contributed by atoms with Gasteiger partial charge in [0.15, 0.2) is 29.3 Å². The van der Waals surface area contributed by atoms with Crippen molar-refractivity contribution in [2.75, 3.05) is 12.3 Å². The maximum absolute atomic E-state index is 13.4. The number of aryl methyl sites for hydroxylation is 1. The largest absolute Gasteiger partial charge is 0.485 e. The maximum atomic E-state index is 13.4. The van der Waals surface area contributed by atoms with E-state index in [9.17, 15) is 24.6 Å². The van der Waals surface area contributed by atoms with Gasteiger partial charge in [-0.3, -0.25) is 14.6 Å². The van der Waals surface area contributed by atoms with Gasteiger partial charge in [-0.15, -0.1) is 11.3 Å². The summed E-state index contributed by atoms with van der Waals surface area (Å²) in [5, 5.41) is 38.1. The molecule has 1 saturated heterocycles. The molecular formula is C29H39N7O10S2. The van der Waals surface area contributed by atoms with Gasteiger partial charge in [0.05, 0.1) is 24.3 Å². The number of nitrogens with zero attached hydrogens (tertiary/aromatic N) is 4. The summed E-state index contributed by atoms with van der Waals surface area (Å²) in [4.78, 5) is 52.8. The Balaban J connectivity index is 1.55. The lowest BCUT2D eigenvalue weighted by atomic mass is 9.84. The Labute approximate surface area is 284 Å². The second kappa shape index (κ2) is 15.0. The van der Waals surface area contributed by atoms with Crippen LogP contribution in [0.2, 0.25) is 0 Å². The number of aliphatic carboxylic acids is 1. The Morgan fingerprint density at radius 3 is 2.69 bits per heavy atom. The Morgan fingerprint density at radius 1 is 1.38 bits per heavy atom. The van der Waals surface area contributed by atoms with Gasteiger partial charge in [-0.2, -0.15) is 9.35 Å². The van der Waals surface area contributed by atoms with Crippen LogP contribution < -0.4 is 21.5 Å². The standard InChI is InChI=1S/C29H39N7O10S2/c1-5-16(11-17(38)12-37)32-23(30)15-6-8-19-14(10-15)7-9-20(44-19)29(4,26(41)42)45-35-21(18-13-47-27(31)33-18)24(39)34-22-25(40)36(46-48-43)28(22,2)3/h6,8,10,13,16-17,20,22,37-38,43H,5,7,9,11-12H2,1-4H3,(H2,30,32)(H2,31,33)(H,34,39)(H,41,42)/b35-21-. The van der Waals surface area contributed by atoms with Crippen molar-refractivity contribution in [3.63, 3.8) is 0 Å². The monoisotopic (exact) mass is 709 g/mol. The highest BCUT2D eigenvalue weighted by molar-refractivity contribution is 7.88. The first-order chi connectivity index (χ1) is 22.7. The number of aromatic nitrogens is 1. The Kier molecular flexibility index (Phi) is 11.5. The van der Waals surface area contributed by atoms with Gasteiger partial charge in [0.1, 0.15) is 23.3 Å². The molecule has 262 valence electrons. The van der Waals surface area contributed by atoms with Crippen LogP contribution in [-0.2, 0) is 29.9 Å². The number of fused-ring (bicyclic) bond motifs is 1. The molecule has 1 aromatic heterocycles. The lowest BCUT2D eigenvalue weighted by Gasteiger charge is -2.50. The molecule has 0 radical (unpaired) electrons. The number of carbonyl (C=O) groups is 3. The molecule has 48 heavy (non-hydrogen) atoms. The fraction of sp³-hybridized carbons (Fsp3) is 0.517. The van der Waals surface area contributed by atoms with E-state index < -0.39 is 52.9 Å². The molecule has 19 heteroatoms. The molecule has 2 amide bonds. The molecule has 5 unspecified atom stereocenters. The second-order valence-electron chi connectivity index (χ2n) is 12.0. The van der Waals surface area contributed by atoms with E-state index in [2.05, 4.69) is 20.4 Å². The summed E-state index contributed by atoms with van der Waals surface area (Å²) in [6, 6.07) is 3.74. The first kappa shape index (κ1) is 36.8. The quantitative estimate of drug-likeness (QED) is 0.0449. The molecule has 2 aliphatic heterocycles. The van der Waals surface area contributed by atoms with Crippen molar-refractivity contribution >= 4 is 58.1 Å². The number of rotatable bonds is 15. The first-order valence-electron chi connectivity index (χ1n) is 14.9. The number of nitrogens with two attached hydrogens (primary N) is 2. The van der Waals surface area contributed by atoms with Crippen LogP contribution in [0, 0.1) is 0 Å². The lowest BCUT2D eigenvalue weighted by Crippen LogP contribution is -2.76. The highest BCUT2D eigenvalue weighted by Gasteiger charge is 2.57. The number of oxime groups is 1. The number of aliphatic hydroxyl groups is 2. The minimum atomic E-state index is -2.08. The fourth-order valence-corrected chi connectivity index (χ4v) is 6.12. The van der Waals surface area contributed by atoms with Crippen molar-refractivity contribution in [3.8, 4) is 5.75 Å². The SMILES string of the molecule is CCC(CC(O)CO)N=C(N)c1ccc2c(c1)CCC(C(C)(O/N=C(\C(=O)NC1C(=O)N(OSO)C1(C)C)c1csc(N)n1)C(=O)O)O2. The molecule has 3 heterocycles. The average Bonchev–Trinajstić information content (AvgIpc) is 3.49. The van der Waals surface area contributed by atoms with E-state index in [1.807, 2.05) is 6.92 Å². The predicted octanol–water partition coefficient (Wildman–Crippen LogP) is 1.07. The van der Waals surface area contributed by atoms with Crippen LogP contribution in [0.1, 0.15) is 63.8 Å². The molecule has 1 aromatic carbocycles. The number of hydrogen-bond acceptors (Lipinski definition) is 15. The Morgan fingerprint density at radius 2 is 2.10 bits per heavy atom. The van der Waals surface area contributed by atoms with Gasteiger partial charge in [0.25, 0.3) is 17.4 Å². The summed E-state index contributed by atoms with van der Waals surface area (Å²) in [7, 11) is 0. The molecule has 5 atom stereocenters. The first-order valence-corrected chi connectivity index (χ1v) is 16.5. The number of carboxylic acid groups (broad SMARTS) is 1. The normalized spacial score (nSPS) is 21.6. The van der Waals surface area contributed by atoms with E-state index >= 15 is 0 Å². The third kappa shape index (κ3) is 7.66. The second-order valence-corrected chi connectivity index (χ2v) is 13.2. The van der Waals surface area contributed by atoms with Crippen LogP contribution in [-0.4, -0.2) is 101 Å². The third-order valence-electron chi connectivity index (χ3n) is 8.25. The van der Waals surface area contributed by atoms with E-state index in [4.69, 9.17) is 35.0 Å². The number of β-lactam (4-membered cyclic amide) rings is 1. The van der Waals surface area contributed by atoms with Crippen LogP contribution >= 0.6 is 23.7 Å². The number of anilines is 1. The number of hydrogen-bond donors (Lipinski definition) is 7. The molecule has 9 N–H and O–H groups in total. The van der Waals surface area contributed by atoms with Crippen LogP contribution in [0.3, 0.4) is 0 Å². The zero-order valence-electron chi connectivity index (χ0n) is 26.7. The number of thiazole rings is 1. The number of amidine groups is 1. The number of aliphatic imine (C=N–C) groups is 1. The van der Waals surface area contributed by atoms with E-state index in [1.165, 1.54) is 12.3 Å². The minimum Gasteiger partial charge on any atom is -0.485 e. The van der Waals surface area contributed by atoms with Crippen LogP contribution in [0.4, 0.5) is 5.13 Å². The van der Waals surface area contributed by atoms with Crippen molar-refractivity contribution in [1.29, 1.82) is 0 Å². The molecule has 0 spiro atoms. The zero-order chi connectivity index (χ0) is 35.4. The van der Waals surface area contributed by atoms with Gasteiger partial charge in [0, 0.05) is 10.9 Å². The van der Waals surface area contributed by atoms with Gasteiger partial charge in [0.2, 0.25) is 0 Å². The van der Waals surface area contributed by atoms with Gasteiger partial charge in [-0.25, -0.2) is 9.78 Å². The van der Waals surface area contributed by atoms with E-state index in [-0.39, 0.29) is 54.5 Å². The van der Waals surface area contributed by atoms with E-state index in [0.717, 1.165) is 22.0 Å². The van der Waals surface area contributed by atoms with Crippen molar-refractivity contribution in [2.24, 2.45) is 15.9 Å². The highest BCUT2D eigenvalue weighted by atomic mass is 32.2. The third-order valence-corrected chi connectivity index (χ3v) is 9.14. The molecule has 0 bridgehead atoms. The number of carbonyl (C=O) groups excluding carboxylic acids is 2. The van der Waals surface area contributed by atoms with Crippen LogP contribution in [0.15, 0.2) is 33.7 Å². The number of hydroxylamine groups is 2. The van der Waals surface area contributed by atoms with E-state index in [0.29, 0.717) is 24.2 Å². The molecule has 2 aliphatic rings. The smallest absolute Gasteiger partial charge is 0.354 e. The van der Waals surface area contributed by atoms with E-state index in [1.54, 1.807) is 32.0 Å². The number of carboxylic acids is 1. The molecular weight excluding hydrogens is 670 g/mol. The zero-order valence-corrected chi connectivity index (χ0v) is 28.3. The Bertz CT molecular complexity index is 1580. The Hall–Kier alpha value is -4.01. The molecule has 0 aliphatic carbocycles.